The zero-order valence-corrected chi connectivity index (χ0v) is 9.47. The topological polar surface area (TPSA) is 71.4 Å². The van der Waals surface area contributed by atoms with Crippen molar-refractivity contribution in [3.05, 3.63) is 28.8 Å². The predicted octanol–water partition coefficient (Wildman–Crippen LogP) is 2.18. The second-order valence-electron chi connectivity index (χ2n) is 2.89. The summed E-state index contributed by atoms with van der Waals surface area (Å²) in [5.41, 5.74) is 0.106. The van der Waals surface area contributed by atoms with Gasteiger partial charge in [-0.2, -0.15) is 8.42 Å². The molecule has 0 radical (unpaired) electrons. The summed E-state index contributed by atoms with van der Waals surface area (Å²) >= 11 is 5.72. The van der Waals surface area contributed by atoms with Crippen molar-refractivity contribution >= 4 is 27.5 Å². The summed E-state index contributed by atoms with van der Waals surface area (Å²) in [4.78, 5) is 11.0. The summed E-state index contributed by atoms with van der Waals surface area (Å²) in [6.07, 6.45) is 0.217. The molecule has 0 heterocycles. The van der Waals surface area contributed by atoms with Crippen molar-refractivity contribution in [2.45, 2.75) is 18.2 Å². The average Bonchev–Trinajstić information content (AvgIpc) is 2.15. The standard InChI is InChI=1S/C9H9ClO4S/c1-2-9(11)7-5-6(15(12,13)14)3-4-8(7)10/h3-5H,2H2,1H3,(H,12,13,14). The van der Waals surface area contributed by atoms with E-state index in [1.165, 1.54) is 6.07 Å². The minimum Gasteiger partial charge on any atom is -0.294 e. The normalized spacial score (nSPS) is 11.4. The van der Waals surface area contributed by atoms with E-state index in [1.807, 2.05) is 0 Å². The van der Waals surface area contributed by atoms with Gasteiger partial charge in [0.15, 0.2) is 5.78 Å². The van der Waals surface area contributed by atoms with Gasteiger partial charge in [-0.1, -0.05) is 18.5 Å². The van der Waals surface area contributed by atoms with Gasteiger partial charge in [0.2, 0.25) is 0 Å². The second kappa shape index (κ2) is 4.30. The Morgan fingerprint density at radius 1 is 1.47 bits per heavy atom. The monoisotopic (exact) mass is 248 g/mol. The Morgan fingerprint density at radius 2 is 2.07 bits per heavy atom. The Bertz CT molecular complexity index is 493. The molecule has 1 rings (SSSR count). The fraction of sp³-hybridized carbons (Fsp3) is 0.222. The molecule has 0 bridgehead atoms. The van der Waals surface area contributed by atoms with Crippen molar-refractivity contribution in [1.82, 2.24) is 0 Å². The minimum atomic E-state index is -4.29. The van der Waals surface area contributed by atoms with Gasteiger partial charge in [-0.3, -0.25) is 9.35 Å². The number of carbonyl (C=O) groups is 1. The van der Waals surface area contributed by atoms with E-state index in [4.69, 9.17) is 16.2 Å². The lowest BCUT2D eigenvalue weighted by Crippen LogP contribution is -2.03. The number of Topliss-reactive ketones (excluding diaryl/α,β-unsaturated/α-hetero) is 1. The maximum atomic E-state index is 11.4. The zero-order valence-electron chi connectivity index (χ0n) is 7.90. The first kappa shape index (κ1) is 12.2. The van der Waals surface area contributed by atoms with Gasteiger partial charge in [0.05, 0.1) is 9.92 Å². The Labute approximate surface area is 92.6 Å². The molecule has 0 amide bonds. The van der Waals surface area contributed by atoms with Crippen LogP contribution in [0.3, 0.4) is 0 Å². The number of hydrogen-bond donors (Lipinski definition) is 1. The van der Waals surface area contributed by atoms with Crippen LogP contribution in [0.15, 0.2) is 23.1 Å². The highest BCUT2D eigenvalue weighted by Gasteiger charge is 2.15. The molecule has 1 aromatic rings. The Kier molecular flexibility index (Phi) is 3.49. The summed E-state index contributed by atoms with van der Waals surface area (Å²) in [5.74, 6) is -0.273. The maximum absolute atomic E-state index is 11.4. The summed E-state index contributed by atoms with van der Waals surface area (Å²) in [6, 6.07) is 3.49. The molecule has 82 valence electrons. The summed E-state index contributed by atoms with van der Waals surface area (Å²) in [5, 5.41) is 0.175. The van der Waals surface area contributed by atoms with Gasteiger partial charge in [-0.15, -0.1) is 0 Å². The molecule has 0 spiro atoms. The third-order valence-electron chi connectivity index (χ3n) is 1.86. The van der Waals surface area contributed by atoms with Crippen LogP contribution in [0, 0.1) is 0 Å². The van der Waals surface area contributed by atoms with Crippen molar-refractivity contribution in [3.63, 3.8) is 0 Å². The third kappa shape index (κ3) is 2.77. The van der Waals surface area contributed by atoms with Crippen LogP contribution in [0.4, 0.5) is 0 Å². The smallest absolute Gasteiger partial charge is 0.294 e. The summed E-state index contributed by atoms with van der Waals surface area (Å²) < 4.78 is 30.4. The van der Waals surface area contributed by atoms with E-state index < -0.39 is 10.1 Å². The van der Waals surface area contributed by atoms with Gasteiger partial charge in [0, 0.05) is 12.0 Å². The van der Waals surface area contributed by atoms with Crippen LogP contribution in [0.5, 0.6) is 0 Å². The van der Waals surface area contributed by atoms with E-state index >= 15 is 0 Å². The highest BCUT2D eigenvalue weighted by molar-refractivity contribution is 7.85. The molecule has 15 heavy (non-hydrogen) atoms. The lowest BCUT2D eigenvalue weighted by molar-refractivity contribution is 0.0988. The summed E-state index contributed by atoms with van der Waals surface area (Å²) in [7, 11) is -4.29. The quantitative estimate of drug-likeness (QED) is 0.657. The molecule has 0 aromatic heterocycles. The van der Waals surface area contributed by atoms with Crippen molar-refractivity contribution in [3.8, 4) is 0 Å². The van der Waals surface area contributed by atoms with Crippen LogP contribution in [0.2, 0.25) is 5.02 Å². The fourth-order valence-electron chi connectivity index (χ4n) is 1.07. The highest BCUT2D eigenvalue weighted by Crippen LogP contribution is 2.21. The molecule has 0 saturated carbocycles. The van der Waals surface area contributed by atoms with Gasteiger partial charge in [-0.05, 0) is 18.2 Å². The number of carbonyl (C=O) groups excluding carboxylic acids is 1. The molecule has 0 aliphatic carbocycles. The zero-order chi connectivity index (χ0) is 11.6. The Morgan fingerprint density at radius 3 is 2.53 bits per heavy atom. The summed E-state index contributed by atoms with van der Waals surface area (Å²) in [6.45, 7) is 1.64. The number of halogens is 1. The third-order valence-corrected chi connectivity index (χ3v) is 3.04. The molecule has 0 unspecified atom stereocenters. The van der Waals surface area contributed by atoms with Crippen molar-refractivity contribution in [1.29, 1.82) is 0 Å². The van der Waals surface area contributed by atoms with Crippen molar-refractivity contribution in [2.75, 3.05) is 0 Å². The van der Waals surface area contributed by atoms with Gasteiger partial charge in [0.1, 0.15) is 0 Å². The van der Waals surface area contributed by atoms with E-state index in [0.717, 1.165) is 12.1 Å². The van der Waals surface area contributed by atoms with Crippen molar-refractivity contribution in [2.24, 2.45) is 0 Å². The Balaban J connectivity index is 3.36. The number of rotatable bonds is 3. The molecule has 0 saturated heterocycles. The fourth-order valence-corrected chi connectivity index (χ4v) is 1.80. The van der Waals surface area contributed by atoms with Crippen LogP contribution in [-0.4, -0.2) is 18.8 Å². The van der Waals surface area contributed by atoms with E-state index in [9.17, 15) is 13.2 Å². The molecular weight excluding hydrogens is 240 g/mol. The lowest BCUT2D eigenvalue weighted by atomic mass is 10.1. The number of benzene rings is 1. The van der Waals surface area contributed by atoms with Gasteiger partial charge < -0.3 is 0 Å². The molecule has 0 fully saturated rings. The first-order valence-electron chi connectivity index (χ1n) is 4.16. The second-order valence-corrected chi connectivity index (χ2v) is 4.72. The van der Waals surface area contributed by atoms with Gasteiger partial charge in [-0.25, -0.2) is 0 Å². The van der Waals surface area contributed by atoms with E-state index in [0.29, 0.717) is 0 Å². The van der Waals surface area contributed by atoms with E-state index in [1.54, 1.807) is 6.92 Å². The van der Waals surface area contributed by atoms with Crippen molar-refractivity contribution < 1.29 is 17.8 Å². The molecule has 1 N–H and O–H groups in total. The minimum absolute atomic E-state index is 0.106. The molecule has 0 atom stereocenters. The van der Waals surface area contributed by atoms with Gasteiger partial charge >= 0.3 is 0 Å². The molecule has 0 aliphatic heterocycles. The largest absolute Gasteiger partial charge is 0.294 e. The molecule has 6 heteroatoms. The molecule has 0 aliphatic rings. The van der Waals surface area contributed by atoms with Crippen LogP contribution in [-0.2, 0) is 10.1 Å². The Hall–Kier alpha value is -0.910. The molecular formula is C9H9ClO4S. The lowest BCUT2D eigenvalue weighted by Gasteiger charge is -2.03. The van der Waals surface area contributed by atoms with Gasteiger partial charge in [0.25, 0.3) is 10.1 Å². The van der Waals surface area contributed by atoms with Crippen LogP contribution < -0.4 is 0 Å². The SMILES string of the molecule is CCC(=O)c1cc(S(=O)(=O)O)ccc1Cl. The average molecular weight is 249 g/mol. The van der Waals surface area contributed by atoms with Crippen LogP contribution in [0.25, 0.3) is 0 Å². The van der Waals surface area contributed by atoms with E-state index in [-0.39, 0.29) is 27.7 Å². The van der Waals surface area contributed by atoms with Crippen LogP contribution >= 0.6 is 11.6 Å². The number of hydrogen-bond acceptors (Lipinski definition) is 3. The predicted molar refractivity (Wildman–Crippen MR) is 55.9 cm³/mol. The first-order valence-corrected chi connectivity index (χ1v) is 5.98. The molecule has 1 aromatic carbocycles. The highest BCUT2D eigenvalue weighted by atomic mass is 35.5. The van der Waals surface area contributed by atoms with E-state index in [2.05, 4.69) is 0 Å². The number of ketones is 1. The molecule has 4 nitrogen and oxygen atoms in total. The van der Waals surface area contributed by atoms with Crippen LogP contribution in [0.1, 0.15) is 23.7 Å². The first-order chi connectivity index (χ1) is 6.86. The maximum Gasteiger partial charge on any atom is 0.294 e.